The van der Waals surface area contributed by atoms with Crippen molar-refractivity contribution in [3.63, 3.8) is 0 Å². The Balaban J connectivity index is 0.00000205. The van der Waals surface area contributed by atoms with Crippen LogP contribution in [0.2, 0.25) is 0 Å². The summed E-state index contributed by atoms with van der Waals surface area (Å²) >= 11 is 0. The summed E-state index contributed by atoms with van der Waals surface area (Å²) in [5.41, 5.74) is 7.61. The van der Waals surface area contributed by atoms with Gasteiger partial charge in [-0.25, -0.2) is 0 Å². The number of pyridine rings is 2. The third kappa shape index (κ3) is 3.14. The highest BCUT2D eigenvalue weighted by atomic mass is 127. The Bertz CT molecular complexity index is 1370. The molecule has 2 aromatic carbocycles. The van der Waals surface area contributed by atoms with Crippen molar-refractivity contribution >= 4 is 38.7 Å². The van der Waals surface area contributed by atoms with Crippen LogP contribution in [0.1, 0.15) is 26.3 Å². The molecule has 5 rings (SSSR count). The van der Waals surface area contributed by atoms with Crippen LogP contribution in [0.25, 0.3) is 33.0 Å². The van der Waals surface area contributed by atoms with Crippen LogP contribution in [-0.4, -0.2) is 18.5 Å². The van der Waals surface area contributed by atoms with Crippen LogP contribution in [0.5, 0.6) is 0 Å². The molecular weight excluding hydrogens is 469 g/mol. The number of hydrogen-bond donors (Lipinski definition) is 0. The molecule has 0 unspecified atom stereocenters. The van der Waals surface area contributed by atoms with Crippen LogP contribution in [0.4, 0.5) is 5.69 Å². The van der Waals surface area contributed by atoms with E-state index in [1.165, 1.54) is 44.2 Å². The van der Waals surface area contributed by atoms with Crippen molar-refractivity contribution in [2.24, 2.45) is 0 Å². The van der Waals surface area contributed by atoms with E-state index in [1.54, 1.807) is 0 Å². The number of anilines is 1. The number of fused-ring (bicyclic) bond motifs is 7. The Morgan fingerprint density at radius 1 is 0.828 bits per heavy atom. The van der Waals surface area contributed by atoms with Gasteiger partial charge in [-0.2, -0.15) is 8.80 Å². The van der Waals surface area contributed by atoms with Crippen LogP contribution in [0, 0.1) is 0 Å². The maximum atomic E-state index is 2.35. The molecule has 5 aromatic rings. The van der Waals surface area contributed by atoms with Crippen LogP contribution in [0.15, 0.2) is 66.9 Å². The van der Waals surface area contributed by atoms with Crippen LogP contribution < -0.4 is 33.3 Å². The predicted molar refractivity (Wildman–Crippen MR) is 119 cm³/mol. The van der Waals surface area contributed by atoms with Crippen molar-refractivity contribution < 1.29 is 28.4 Å². The van der Waals surface area contributed by atoms with E-state index in [1.807, 2.05) is 0 Å². The van der Waals surface area contributed by atoms with E-state index >= 15 is 0 Å². The molecule has 0 saturated carbocycles. The smallest absolute Gasteiger partial charge is 0.292 e. The fourth-order valence-corrected chi connectivity index (χ4v) is 4.09. The highest BCUT2D eigenvalue weighted by Gasteiger charge is 2.19. The molecule has 0 aliphatic rings. The molecule has 3 nitrogen and oxygen atoms in total. The summed E-state index contributed by atoms with van der Waals surface area (Å²) in [6.07, 6.45) is 2.24. The second-order valence-electron chi connectivity index (χ2n) is 8.95. The lowest BCUT2D eigenvalue weighted by Gasteiger charge is -2.19. The molecule has 0 spiro atoms. The highest BCUT2D eigenvalue weighted by Crippen LogP contribution is 2.27. The van der Waals surface area contributed by atoms with Gasteiger partial charge in [0.25, 0.3) is 5.65 Å². The second-order valence-corrected chi connectivity index (χ2v) is 8.95. The highest BCUT2D eigenvalue weighted by molar-refractivity contribution is 5.88. The van der Waals surface area contributed by atoms with Gasteiger partial charge in [-0.05, 0) is 59.5 Å². The fraction of sp³-hybridized carbons (Fsp3) is 0.240. The van der Waals surface area contributed by atoms with E-state index in [9.17, 15) is 0 Å². The van der Waals surface area contributed by atoms with Crippen molar-refractivity contribution in [1.82, 2.24) is 4.40 Å². The number of rotatable bonds is 1. The maximum absolute atomic E-state index is 2.35. The summed E-state index contributed by atoms with van der Waals surface area (Å²) < 4.78 is 4.67. The van der Waals surface area contributed by atoms with Crippen molar-refractivity contribution in [2.75, 3.05) is 19.0 Å². The average molecular weight is 495 g/mol. The van der Waals surface area contributed by atoms with Gasteiger partial charge >= 0.3 is 0 Å². The van der Waals surface area contributed by atoms with E-state index in [4.69, 9.17) is 0 Å². The lowest BCUT2D eigenvalue weighted by atomic mass is 9.86. The van der Waals surface area contributed by atoms with Gasteiger partial charge in [0.05, 0.1) is 0 Å². The Morgan fingerprint density at radius 3 is 2.31 bits per heavy atom. The van der Waals surface area contributed by atoms with Gasteiger partial charge in [0, 0.05) is 36.6 Å². The SMILES string of the molecule is CN(C)c1ccc2c(ccc3c[n+]4c5ccc(C(C)(C)C)cc5ccc4n32)c1.[I-]. The van der Waals surface area contributed by atoms with E-state index in [2.05, 4.69) is 115 Å². The van der Waals surface area contributed by atoms with Gasteiger partial charge in [0.15, 0.2) is 5.52 Å². The topological polar surface area (TPSA) is 11.8 Å². The average Bonchev–Trinajstić information content (AvgIpc) is 3.05. The number of hydrogen-bond acceptors (Lipinski definition) is 1. The molecule has 0 aliphatic carbocycles. The lowest BCUT2D eigenvalue weighted by molar-refractivity contribution is -0.479. The molecule has 4 heteroatoms. The van der Waals surface area contributed by atoms with E-state index in [-0.39, 0.29) is 29.4 Å². The van der Waals surface area contributed by atoms with Crippen molar-refractivity contribution in [1.29, 1.82) is 0 Å². The van der Waals surface area contributed by atoms with Gasteiger partial charge in [-0.3, -0.25) is 0 Å². The Labute approximate surface area is 188 Å². The van der Waals surface area contributed by atoms with Gasteiger partial charge in [0.1, 0.15) is 17.2 Å². The third-order valence-corrected chi connectivity index (χ3v) is 5.76. The first-order chi connectivity index (χ1) is 13.3. The third-order valence-electron chi connectivity index (χ3n) is 5.76. The second kappa shape index (κ2) is 6.87. The van der Waals surface area contributed by atoms with Gasteiger partial charge in [-0.15, -0.1) is 0 Å². The summed E-state index contributed by atoms with van der Waals surface area (Å²) in [7, 11) is 4.16. The molecule has 3 aromatic heterocycles. The molecule has 0 amide bonds. The Morgan fingerprint density at radius 2 is 1.59 bits per heavy atom. The molecule has 0 saturated heterocycles. The molecular formula is C25H26IN3. The molecule has 0 atom stereocenters. The fourth-order valence-electron chi connectivity index (χ4n) is 4.09. The van der Waals surface area contributed by atoms with Crippen LogP contribution >= 0.6 is 0 Å². The number of imidazole rings is 1. The van der Waals surface area contributed by atoms with Gasteiger partial charge in [-0.1, -0.05) is 26.8 Å². The first kappa shape index (κ1) is 20.0. The zero-order valence-corrected chi connectivity index (χ0v) is 19.7. The largest absolute Gasteiger partial charge is 1.00 e. The summed E-state index contributed by atoms with van der Waals surface area (Å²) in [6.45, 7) is 6.79. The summed E-state index contributed by atoms with van der Waals surface area (Å²) in [5, 5.41) is 2.53. The first-order valence-corrected chi connectivity index (χ1v) is 9.83. The minimum atomic E-state index is 0. The molecule has 0 N–H and O–H groups in total. The van der Waals surface area contributed by atoms with Gasteiger partial charge in [0.2, 0.25) is 0 Å². The molecule has 0 aliphatic heterocycles. The number of benzene rings is 2. The summed E-state index contributed by atoms with van der Waals surface area (Å²) in [5.74, 6) is 0. The maximum Gasteiger partial charge on any atom is 0.292 e. The standard InChI is InChI=1S/C25H26N3.HI/c1-25(2,3)19-8-11-22-17(14-19)7-13-24-27(22)16-21-9-6-18-15-20(26(4)5)10-12-23(18)28(21)24;/h6-16H,1-5H3;1H/q+1;/p-1. The minimum absolute atomic E-state index is 0. The monoisotopic (exact) mass is 495 g/mol. The van der Waals surface area contributed by atoms with Crippen molar-refractivity contribution in [2.45, 2.75) is 26.2 Å². The molecule has 3 heterocycles. The predicted octanol–water partition coefficient (Wildman–Crippen LogP) is 2.35. The first-order valence-electron chi connectivity index (χ1n) is 9.83. The van der Waals surface area contributed by atoms with Crippen LogP contribution in [0.3, 0.4) is 0 Å². The van der Waals surface area contributed by atoms with Gasteiger partial charge < -0.3 is 28.9 Å². The van der Waals surface area contributed by atoms with Crippen molar-refractivity contribution in [3.8, 4) is 0 Å². The molecule has 148 valence electrons. The summed E-state index contributed by atoms with van der Waals surface area (Å²) in [4.78, 5) is 2.15. The zero-order chi connectivity index (χ0) is 19.6. The normalized spacial score (nSPS) is 12.0. The molecule has 29 heavy (non-hydrogen) atoms. The Kier molecular flexibility index (Phi) is 4.73. The Hall–Kier alpha value is -2.34. The lowest BCUT2D eigenvalue weighted by Crippen LogP contribution is -3.00. The molecule has 0 fully saturated rings. The molecule has 0 bridgehead atoms. The van der Waals surface area contributed by atoms with Crippen molar-refractivity contribution in [3.05, 3.63) is 72.4 Å². The quantitative estimate of drug-likeness (QED) is 0.257. The minimum Gasteiger partial charge on any atom is -1.00 e. The number of halogens is 1. The summed E-state index contributed by atoms with van der Waals surface area (Å²) in [6, 6.07) is 22.4. The zero-order valence-electron chi connectivity index (χ0n) is 17.6. The van der Waals surface area contributed by atoms with E-state index in [0.29, 0.717) is 0 Å². The molecule has 0 radical (unpaired) electrons. The number of nitrogens with zero attached hydrogens (tertiary/aromatic N) is 3. The number of aromatic nitrogens is 2. The van der Waals surface area contributed by atoms with Crippen LogP contribution in [-0.2, 0) is 5.41 Å². The van der Waals surface area contributed by atoms with E-state index in [0.717, 1.165) is 0 Å². The van der Waals surface area contributed by atoms with E-state index < -0.39 is 0 Å².